The van der Waals surface area contributed by atoms with E-state index in [9.17, 15) is 32.7 Å². The zero-order valence-electron chi connectivity index (χ0n) is 9.23. The lowest BCUT2D eigenvalue weighted by Gasteiger charge is -2.21. The molecule has 7 nitrogen and oxygen atoms in total. The fourth-order valence-electron chi connectivity index (χ4n) is 0.937. The number of carbonyl (C=O) groups excluding carboxylic acids is 1. The van der Waals surface area contributed by atoms with Crippen LogP contribution in [0.5, 0.6) is 0 Å². The molecule has 0 aromatic rings. The first-order valence-electron chi connectivity index (χ1n) is 4.53. The zero-order valence-corrected chi connectivity index (χ0v) is 9.23. The molecular formula is C9H9F3O7. The quantitative estimate of drug-likeness (QED) is 0.575. The van der Waals surface area contributed by atoms with E-state index in [1.54, 1.807) is 0 Å². The second-order valence-electron chi connectivity index (χ2n) is 3.48. The van der Waals surface area contributed by atoms with Gasteiger partial charge in [-0.15, -0.1) is 0 Å². The number of ether oxygens (including phenoxy) is 1. The van der Waals surface area contributed by atoms with Crippen LogP contribution in [-0.4, -0.2) is 44.9 Å². The Morgan fingerprint density at radius 2 is 1.63 bits per heavy atom. The summed E-state index contributed by atoms with van der Waals surface area (Å²) in [5.41, 5.74) is -3.14. The van der Waals surface area contributed by atoms with Gasteiger partial charge in [0, 0.05) is 0 Å². The molecular weight excluding hydrogens is 277 g/mol. The number of esters is 1. The maximum Gasteiger partial charge on any atom is 0.455 e. The van der Waals surface area contributed by atoms with Crippen LogP contribution >= 0.6 is 0 Å². The lowest BCUT2D eigenvalue weighted by molar-refractivity contribution is -0.224. The third kappa shape index (κ3) is 4.95. The number of alkyl halides is 2. The van der Waals surface area contributed by atoms with Crippen molar-refractivity contribution in [3.63, 3.8) is 0 Å². The average molecular weight is 286 g/mol. The van der Waals surface area contributed by atoms with Gasteiger partial charge in [0.1, 0.15) is 0 Å². The largest absolute Gasteiger partial charge is 0.481 e. The Bertz CT molecular complexity index is 420. The Hall–Kier alpha value is -2.10. The molecule has 0 amide bonds. The molecule has 0 fully saturated rings. The maximum atomic E-state index is 12.6. The molecule has 0 aliphatic heterocycles. The van der Waals surface area contributed by atoms with Gasteiger partial charge in [-0.3, -0.25) is 9.59 Å². The van der Waals surface area contributed by atoms with Crippen molar-refractivity contribution in [2.75, 3.05) is 0 Å². The molecule has 0 aliphatic rings. The van der Waals surface area contributed by atoms with Crippen molar-refractivity contribution in [2.24, 2.45) is 0 Å². The fraction of sp³-hybridized carbons (Fsp3) is 0.444. The van der Waals surface area contributed by atoms with Gasteiger partial charge in [-0.2, -0.15) is 8.78 Å². The van der Waals surface area contributed by atoms with E-state index in [0.717, 1.165) is 0 Å². The maximum absolute atomic E-state index is 12.6. The second-order valence-corrected chi connectivity index (χ2v) is 3.48. The van der Waals surface area contributed by atoms with Crippen molar-refractivity contribution in [3.05, 3.63) is 12.4 Å². The van der Waals surface area contributed by atoms with E-state index >= 15 is 0 Å². The Labute approximate surface area is 103 Å². The predicted octanol–water partition coefficient (Wildman–Crippen LogP) is 0.286. The van der Waals surface area contributed by atoms with Gasteiger partial charge < -0.3 is 20.1 Å². The normalized spacial score (nSPS) is 14.3. The van der Waals surface area contributed by atoms with Crippen molar-refractivity contribution in [2.45, 2.75) is 24.6 Å². The standard InChI is InChI=1S/C9H9F3O7/c1-4(10)9(11,12)19-6(15)3-8(18,7(16)17)2-5(13)14/h18H,1-3H2,(H,13,14)(H,16,17). The molecule has 1 atom stereocenters. The van der Waals surface area contributed by atoms with Gasteiger partial charge in [0.25, 0.3) is 0 Å². The lowest BCUT2D eigenvalue weighted by Crippen LogP contribution is -2.44. The minimum absolute atomic E-state index is 1.43. The smallest absolute Gasteiger partial charge is 0.455 e. The van der Waals surface area contributed by atoms with Crippen LogP contribution in [0.25, 0.3) is 0 Å². The van der Waals surface area contributed by atoms with Gasteiger partial charge in [-0.05, 0) is 0 Å². The molecule has 0 aliphatic carbocycles. The monoisotopic (exact) mass is 286 g/mol. The van der Waals surface area contributed by atoms with E-state index in [1.807, 2.05) is 0 Å². The van der Waals surface area contributed by atoms with Crippen LogP contribution in [-0.2, 0) is 19.1 Å². The van der Waals surface area contributed by atoms with Crippen LogP contribution in [0.15, 0.2) is 12.4 Å². The average Bonchev–Trinajstić information content (AvgIpc) is 2.13. The Kier molecular flexibility index (Phi) is 5.06. The Morgan fingerprint density at radius 1 is 1.16 bits per heavy atom. The summed E-state index contributed by atoms with van der Waals surface area (Å²) in [4.78, 5) is 31.8. The molecule has 0 saturated carbocycles. The molecule has 108 valence electrons. The Morgan fingerprint density at radius 3 is 1.95 bits per heavy atom. The number of carboxylic acids is 2. The molecule has 0 aromatic heterocycles. The number of hydrogen-bond donors (Lipinski definition) is 3. The van der Waals surface area contributed by atoms with E-state index in [1.165, 1.54) is 0 Å². The molecule has 0 bridgehead atoms. The lowest BCUT2D eigenvalue weighted by atomic mass is 9.96. The number of carboxylic acid groups (broad SMARTS) is 2. The molecule has 0 rings (SSSR count). The minimum Gasteiger partial charge on any atom is -0.481 e. The third-order valence-electron chi connectivity index (χ3n) is 1.84. The summed E-state index contributed by atoms with van der Waals surface area (Å²) < 4.78 is 40.6. The molecule has 0 aromatic carbocycles. The minimum atomic E-state index is -4.69. The summed E-state index contributed by atoms with van der Waals surface area (Å²) >= 11 is 0. The van der Waals surface area contributed by atoms with Gasteiger partial charge >= 0.3 is 24.0 Å². The highest BCUT2D eigenvalue weighted by Gasteiger charge is 2.45. The predicted molar refractivity (Wildman–Crippen MR) is 50.7 cm³/mol. The first kappa shape index (κ1) is 16.9. The van der Waals surface area contributed by atoms with Crippen LogP contribution in [0.3, 0.4) is 0 Å². The van der Waals surface area contributed by atoms with Crippen molar-refractivity contribution in [1.82, 2.24) is 0 Å². The Balaban J connectivity index is 4.89. The molecule has 19 heavy (non-hydrogen) atoms. The summed E-state index contributed by atoms with van der Waals surface area (Å²) in [6, 6.07) is 0. The highest BCUT2D eigenvalue weighted by molar-refractivity contribution is 5.88. The highest BCUT2D eigenvalue weighted by atomic mass is 19.3. The summed E-state index contributed by atoms with van der Waals surface area (Å²) in [5, 5.41) is 26.2. The van der Waals surface area contributed by atoms with Crippen molar-refractivity contribution >= 4 is 17.9 Å². The van der Waals surface area contributed by atoms with Crippen LogP contribution in [0.4, 0.5) is 13.2 Å². The molecule has 0 heterocycles. The highest BCUT2D eigenvalue weighted by Crippen LogP contribution is 2.27. The number of hydrogen-bond acceptors (Lipinski definition) is 5. The molecule has 0 radical (unpaired) electrons. The topological polar surface area (TPSA) is 121 Å². The molecule has 1 unspecified atom stereocenters. The van der Waals surface area contributed by atoms with Crippen molar-refractivity contribution in [1.29, 1.82) is 0 Å². The molecule has 0 saturated heterocycles. The van der Waals surface area contributed by atoms with Crippen LogP contribution in [0.1, 0.15) is 12.8 Å². The SMILES string of the molecule is C=C(F)C(F)(F)OC(=O)CC(O)(CC(=O)O)C(=O)O. The van der Waals surface area contributed by atoms with Crippen molar-refractivity contribution < 1.29 is 47.6 Å². The molecule has 0 spiro atoms. The second kappa shape index (κ2) is 5.69. The van der Waals surface area contributed by atoms with Crippen LogP contribution < -0.4 is 0 Å². The van der Waals surface area contributed by atoms with Gasteiger partial charge in [0.15, 0.2) is 5.60 Å². The summed E-state index contributed by atoms with van der Waals surface area (Å²) in [5.74, 6) is -8.23. The van der Waals surface area contributed by atoms with Gasteiger partial charge in [-0.25, -0.2) is 9.18 Å². The van der Waals surface area contributed by atoms with Gasteiger partial charge in [0.05, 0.1) is 12.8 Å². The van der Waals surface area contributed by atoms with Crippen molar-refractivity contribution in [3.8, 4) is 0 Å². The van der Waals surface area contributed by atoms with Crippen LogP contribution in [0.2, 0.25) is 0 Å². The number of halogens is 3. The number of aliphatic carboxylic acids is 2. The number of aliphatic hydroxyl groups is 1. The van der Waals surface area contributed by atoms with Gasteiger partial charge in [-0.1, -0.05) is 6.58 Å². The van der Waals surface area contributed by atoms with E-state index in [4.69, 9.17) is 10.2 Å². The van der Waals surface area contributed by atoms with Gasteiger partial charge in [0.2, 0.25) is 5.83 Å². The first-order valence-corrected chi connectivity index (χ1v) is 4.53. The van der Waals surface area contributed by atoms with E-state index in [0.29, 0.717) is 0 Å². The first-order chi connectivity index (χ1) is 8.40. The summed E-state index contributed by atoms with van der Waals surface area (Å²) in [6.07, 6.45) is -7.73. The number of rotatable bonds is 7. The summed E-state index contributed by atoms with van der Waals surface area (Å²) in [7, 11) is 0. The van der Waals surface area contributed by atoms with Crippen LogP contribution in [0, 0.1) is 0 Å². The van der Waals surface area contributed by atoms with E-state index in [-0.39, 0.29) is 0 Å². The van der Waals surface area contributed by atoms with E-state index < -0.39 is 48.3 Å². The summed E-state index contributed by atoms with van der Waals surface area (Å²) in [6.45, 7) is 2.19. The fourth-order valence-corrected chi connectivity index (χ4v) is 0.937. The third-order valence-corrected chi connectivity index (χ3v) is 1.84. The van der Waals surface area contributed by atoms with E-state index in [2.05, 4.69) is 11.3 Å². The molecule has 10 heteroatoms. The molecule has 3 N–H and O–H groups in total. The number of carbonyl (C=O) groups is 3. The zero-order chi connectivity index (χ0) is 15.4.